The van der Waals surface area contributed by atoms with Crippen molar-refractivity contribution in [3.05, 3.63) is 34.3 Å². The van der Waals surface area contributed by atoms with Gasteiger partial charge in [-0.2, -0.15) is 10.2 Å². The van der Waals surface area contributed by atoms with Crippen LogP contribution >= 0.6 is 0 Å². The van der Waals surface area contributed by atoms with Crippen LogP contribution in [0.25, 0.3) is 0 Å². The van der Waals surface area contributed by atoms with Crippen molar-refractivity contribution in [1.29, 1.82) is 5.26 Å². The molecule has 0 bridgehead atoms. The number of hydrogen-bond donors (Lipinski definition) is 4. The lowest BCUT2D eigenvalue weighted by molar-refractivity contribution is -0.146. The highest BCUT2D eigenvalue weighted by Crippen LogP contribution is 2.36. The molecular weight excluding hydrogens is 322 g/mol. The summed E-state index contributed by atoms with van der Waals surface area (Å²) in [6, 6.07) is 1.91. The van der Waals surface area contributed by atoms with E-state index in [9.17, 15) is 25.1 Å². The molecule has 1 unspecified atom stereocenters. The smallest absolute Gasteiger partial charge is 0.353 e. The first-order chi connectivity index (χ1) is 11.2. The molecule has 2 heterocycles. The molecule has 1 aromatic heterocycles. The summed E-state index contributed by atoms with van der Waals surface area (Å²) in [5.41, 5.74) is 7.41. The molecule has 0 saturated heterocycles. The minimum Gasteiger partial charge on any atom is -0.506 e. The first-order valence-corrected chi connectivity index (χ1v) is 6.71. The van der Waals surface area contributed by atoms with Crippen LogP contribution in [0.5, 0.6) is 0 Å². The van der Waals surface area contributed by atoms with E-state index in [1.807, 2.05) is 0 Å². The van der Waals surface area contributed by atoms with Crippen LogP contribution in [0.3, 0.4) is 0 Å². The number of anilines is 1. The number of rotatable bonds is 4. The molecule has 1 aromatic rings. The summed E-state index contributed by atoms with van der Waals surface area (Å²) in [5, 5.41) is 29.5. The predicted octanol–water partition coefficient (Wildman–Crippen LogP) is -1.95. The fourth-order valence-corrected chi connectivity index (χ4v) is 1.99. The first-order valence-electron chi connectivity index (χ1n) is 6.71. The van der Waals surface area contributed by atoms with Gasteiger partial charge in [-0.1, -0.05) is 0 Å². The molecule has 0 radical (unpaired) electrons. The first kappa shape index (κ1) is 17.3. The Morgan fingerprint density at radius 3 is 2.92 bits per heavy atom. The summed E-state index contributed by atoms with van der Waals surface area (Å²) in [6.07, 6.45) is -0.823. The van der Waals surface area contributed by atoms with E-state index >= 15 is 0 Å². The highest BCUT2D eigenvalue weighted by molar-refractivity contribution is 5.75. The lowest BCUT2D eigenvalue weighted by Gasteiger charge is -2.26. The molecule has 0 spiro atoms. The van der Waals surface area contributed by atoms with Gasteiger partial charge in [-0.25, -0.2) is 9.36 Å². The average Bonchev–Trinajstić information content (AvgIpc) is 2.77. The second-order valence-corrected chi connectivity index (χ2v) is 5.02. The molecule has 3 atom stereocenters. The van der Waals surface area contributed by atoms with Crippen molar-refractivity contribution >= 4 is 11.8 Å². The molecule has 128 valence electrons. The summed E-state index contributed by atoms with van der Waals surface area (Å²) in [6.45, 7) is 0.809. The Bertz CT molecular complexity index is 795. The minimum atomic E-state index is -2.31. The third-order valence-electron chi connectivity index (χ3n) is 3.25. The molecule has 24 heavy (non-hydrogen) atoms. The molecule has 0 fully saturated rings. The van der Waals surface area contributed by atoms with Crippen molar-refractivity contribution in [2.24, 2.45) is 5.73 Å². The molecule has 0 saturated carbocycles. The van der Waals surface area contributed by atoms with Crippen LogP contribution in [0.15, 0.2) is 28.6 Å². The van der Waals surface area contributed by atoms with Crippen LogP contribution in [0.1, 0.15) is 6.92 Å². The van der Waals surface area contributed by atoms with Gasteiger partial charge in [0, 0.05) is 6.20 Å². The number of nitrogen functional groups attached to an aromatic ring is 1. The zero-order valence-electron chi connectivity index (χ0n) is 12.5. The van der Waals surface area contributed by atoms with Gasteiger partial charge in [-0.3, -0.25) is 4.79 Å². The fourth-order valence-electron chi connectivity index (χ4n) is 1.99. The molecule has 1 aliphatic heterocycles. The van der Waals surface area contributed by atoms with E-state index in [1.54, 1.807) is 6.07 Å². The van der Waals surface area contributed by atoms with Crippen LogP contribution in [0.4, 0.5) is 5.82 Å². The monoisotopic (exact) mass is 337 g/mol. The van der Waals surface area contributed by atoms with Gasteiger partial charge < -0.3 is 31.2 Å². The van der Waals surface area contributed by atoms with E-state index in [2.05, 4.69) is 4.98 Å². The van der Waals surface area contributed by atoms with Crippen molar-refractivity contribution in [3.8, 4) is 6.07 Å². The van der Waals surface area contributed by atoms with Crippen molar-refractivity contribution in [2.45, 2.75) is 24.8 Å². The molecule has 11 nitrogen and oxygen atoms in total. The molecule has 1 aliphatic rings. The summed E-state index contributed by atoms with van der Waals surface area (Å²) in [7, 11) is 0. The number of ether oxygens (including phenoxy) is 2. The van der Waals surface area contributed by atoms with E-state index in [4.69, 9.17) is 20.9 Å². The number of nitriles is 1. The summed E-state index contributed by atoms with van der Waals surface area (Å²) >= 11 is 0. The van der Waals surface area contributed by atoms with Gasteiger partial charge in [-0.05, 0) is 13.0 Å². The Labute approximate surface area is 135 Å². The largest absolute Gasteiger partial charge is 0.506 e. The van der Waals surface area contributed by atoms with Crippen molar-refractivity contribution in [1.82, 2.24) is 9.55 Å². The Morgan fingerprint density at radius 1 is 1.71 bits per heavy atom. The van der Waals surface area contributed by atoms with Crippen LogP contribution in [0.2, 0.25) is 0 Å². The number of carbonyl (C=O) groups is 1. The van der Waals surface area contributed by atoms with E-state index in [0.29, 0.717) is 4.57 Å². The molecule has 11 heteroatoms. The van der Waals surface area contributed by atoms with E-state index in [-0.39, 0.29) is 11.6 Å². The summed E-state index contributed by atoms with van der Waals surface area (Å²) in [5.74, 6) is -2.02. The van der Waals surface area contributed by atoms with Gasteiger partial charge >= 0.3 is 17.4 Å². The Balaban J connectivity index is 2.34. The van der Waals surface area contributed by atoms with Crippen molar-refractivity contribution in [2.75, 3.05) is 12.3 Å². The van der Waals surface area contributed by atoms with Crippen molar-refractivity contribution < 1.29 is 24.5 Å². The average molecular weight is 337 g/mol. The zero-order valence-corrected chi connectivity index (χ0v) is 12.5. The molecule has 0 amide bonds. The number of nitrogens with two attached hydrogens (primary N) is 2. The van der Waals surface area contributed by atoms with Crippen LogP contribution in [0, 0.1) is 11.3 Å². The highest BCUT2D eigenvalue weighted by Gasteiger charge is 2.53. The standard InChI is InChI=1S/C13H15N5O6/c1-6(15)11(21)23-4-7-9(19)10(20)13(5-14,24-7)18-3-2-8(16)17-12(18)22/h2-3,6,10,19-20H,4,15H2,1H3,(H2,16,17,22)/t6-,10?,13-/m1/s1. The SMILES string of the molecule is C[C@@H](N)C(=O)OCC1=C(O)C(O)[C@](C#N)(n2ccc(N)nc2=O)O1. The third-order valence-corrected chi connectivity index (χ3v) is 3.25. The van der Waals surface area contributed by atoms with Gasteiger partial charge in [0.25, 0.3) is 0 Å². The van der Waals surface area contributed by atoms with Gasteiger partial charge in [0.2, 0.25) is 0 Å². The third kappa shape index (κ3) is 2.75. The van der Waals surface area contributed by atoms with E-state index in [0.717, 1.165) is 6.20 Å². The Kier molecular flexibility index (Phi) is 4.45. The second kappa shape index (κ2) is 6.19. The molecule has 0 aromatic carbocycles. The quantitative estimate of drug-likeness (QED) is 0.450. The number of hydrogen-bond acceptors (Lipinski definition) is 10. The van der Waals surface area contributed by atoms with Gasteiger partial charge in [0.05, 0.1) is 0 Å². The predicted molar refractivity (Wildman–Crippen MR) is 77.9 cm³/mol. The summed E-state index contributed by atoms with van der Waals surface area (Å²) in [4.78, 5) is 26.7. The maximum Gasteiger partial charge on any atom is 0.353 e. The van der Waals surface area contributed by atoms with Gasteiger partial charge in [-0.15, -0.1) is 0 Å². The lowest BCUT2D eigenvalue weighted by atomic mass is 10.1. The Hall–Kier alpha value is -3.10. The number of aliphatic hydroxyl groups excluding tert-OH is 2. The minimum absolute atomic E-state index is 0.0971. The normalized spacial score (nSPS) is 24.2. The van der Waals surface area contributed by atoms with Gasteiger partial charge in [0.15, 0.2) is 24.2 Å². The number of nitrogens with zero attached hydrogens (tertiary/aromatic N) is 3. The van der Waals surface area contributed by atoms with Crippen molar-refractivity contribution in [3.63, 3.8) is 0 Å². The highest BCUT2D eigenvalue weighted by atomic mass is 16.6. The maximum absolute atomic E-state index is 11.9. The zero-order chi connectivity index (χ0) is 18.1. The topological polar surface area (TPSA) is 187 Å². The molecule has 2 rings (SSSR count). The van der Waals surface area contributed by atoms with Crippen LogP contribution in [-0.2, 0) is 20.0 Å². The summed E-state index contributed by atoms with van der Waals surface area (Å²) < 4.78 is 10.7. The molecular formula is C13H15N5O6. The number of aliphatic hydroxyl groups is 2. The lowest BCUT2D eigenvalue weighted by Crippen LogP contribution is -2.48. The Morgan fingerprint density at radius 2 is 2.38 bits per heavy atom. The maximum atomic E-state index is 11.9. The van der Waals surface area contributed by atoms with E-state index < -0.39 is 41.9 Å². The fraction of sp³-hybridized carbons (Fsp3) is 0.385. The van der Waals surface area contributed by atoms with Gasteiger partial charge in [0.1, 0.15) is 17.9 Å². The van der Waals surface area contributed by atoms with E-state index in [1.165, 1.54) is 13.0 Å². The molecule has 0 aliphatic carbocycles. The van der Waals surface area contributed by atoms with Crippen LogP contribution in [-0.4, -0.2) is 44.5 Å². The van der Waals surface area contributed by atoms with Crippen LogP contribution < -0.4 is 17.2 Å². The second-order valence-electron chi connectivity index (χ2n) is 5.02. The number of esters is 1. The molecule has 6 N–H and O–H groups in total. The number of aromatic nitrogens is 2. The number of carbonyl (C=O) groups excluding carboxylic acids is 1.